The molecule has 25 heavy (non-hydrogen) atoms. The maximum absolute atomic E-state index is 12.7. The number of aryl methyl sites for hydroxylation is 1. The fraction of sp³-hybridized carbons (Fsp3) is 0.421. The summed E-state index contributed by atoms with van der Waals surface area (Å²) in [5.41, 5.74) is 2.53. The van der Waals surface area contributed by atoms with E-state index in [1.54, 1.807) is 11.1 Å². The number of likely N-dealkylation sites (tertiary alicyclic amines) is 1. The van der Waals surface area contributed by atoms with Gasteiger partial charge in [0.15, 0.2) is 0 Å². The molecule has 0 spiro atoms. The van der Waals surface area contributed by atoms with Crippen LogP contribution in [0.4, 0.5) is 5.69 Å². The van der Waals surface area contributed by atoms with E-state index < -0.39 is 0 Å². The van der Waals surface area contributed by atoms with Gasteiger partial charge in [-0.3, -0.25) is 9.59 Å². The molecule has 1 unspecified atom stereocenters. The van der Waals surface area contributed by atoms with E-state index in [2.05, 4.69) is 10.3 Å². The largest absolute Gasteiger partial charge is 0.445 e. The van der Waals surface area contributed by atoms with Gasteiger partial charge in [0.05, 0.1) is 6.20 Å². The van der Waals surface area contributed by atoms with E-state index in [9.17, 15) is 9.59 Å². The fourth-order valence-electron chi connectivity index (χ4n) is 3.21. The number of hydrogen-bond donors (Lipinski definition) is 1. The zero-order chi connectivity index (χ0) is 17.8. The fourth-order valence-corrected chi connectivity index (χ4v) is 3.21. The van der Waals surface area contributed by atoms with E-state index in [4.69, 9.17) is 4.42 Å². The van der Waals surface area contributed by atoms with Crippen LogP contribution in [0.15, 0.2) is 35.1 Å². The quantitative estimate of drug-likeness (QED) is 0.904. The molecule has 1 aromatic carbocycles. The van der Waals surface area contributed by atoms with Gasteiger partial charge in [-0.1, -0.05) is 6.92 Å². The van der Waals surface area contributed by atoms with Crippen molar-refractivity contribution in [3.05, 3.63) is 36.2 Å². The molecule has 1 atom stereocenters. The molecule has 1 aromatic heterocycles. The number of oxazole rings is 1. The minimum Gasteiger partial charge on any atom is -0.445 e. The molecule has 1 N–H and O–H groups in total. The molecule has 0 bridgehead atoms. The van der Waals surface area contributed by atoms with E-state index in [0.29, 0.717) is 25.3 Å². The molecule has 6 heteroatoms. The van der Waals surface area contributed by atoms with E-state index >= 15 is 0 Å². The van der Waals surface area contributed by atoms with Gasteiger partial charge in [-0.25, -0.2) is 4.98 Å². The van der Waals surface area contributed by atoms with Gasteiger partial charge < -0.3 is 14.6 Å². The van der Waals surface area contributed by atoms with E-state index in [1.165, 1.54) is 6.26 Å². The summed E-state index contributed by atoms with van der Waals surface area (Å²) < 4.78 is 5.30. The molecule has 0 aliphatic carbocycles. The third-order valence-corrected chi connectivity index (χ3v) is 4.50. The smallest absolute Gasteiger partial charge is 0.247 e. The average molecular weight is 341 g/mol. The molecule has 0 radical (unpaired) electrons. The van der Waals surface area contributed by atoms with Gasteiger partial charge in [0.2, 0.25) is 17.7 Å². The molecule has 2 amide bonds. The Morgan fingerprint density at radius 2 is 2.24 bits per heavy atom. The molecule has 3 rings (SSSR count). The Labute approximate surface area is 147 Å². The summed E-state index contributed by atoms with van der Waals surface area (Å²) in [7, 11) is 0. The number of carbonyl (C=O) groups is 2. The average Bonchev–Trinajstić information content (AvgIpc) is 3.28. The van der Waals surface area contributed by atoms with E-state index in [1.807, 2.05) is 32.0 Å². The van der Waals surface area contributed by atoms with Crippen molar-refractivity contribution in [3.63, 3.8) is 0 Å². The van der Waals surface area contributed by atoms with Crippen molar-refractivity contribution in [3.8, 4) is 11.5 Å². The Bertz CT molecular complexity index is 755. The summed E-state index contributed by atoms with van der Waals surface area (Å²) in [6.45, 7) is 4.57. The van der Waals surface area contributed by atoms with Crippen LogP contribution in [0, 0.1) is 6.92 Å². The lowest BCUT2D eigenvalue weighted by Crippen LogP contribution is -2.43. The number of hydrogen-bond acceptors (Lipinski definition) is 4. The van der Waals surface area contributed by atoms with Crippen LogP contribution in [-0.4, -0.2) is 34.3 Å². The third kappa shape index (κ3) is 3.73. The molecular formula is C19H23N3O3. The summed E-state index contributed by atoms with van der Waals surface area (Å²) in [6, 6.07) is 5.27. The van der Waals surface area contributed by atoms with Crippen LogP contribution < -0.4 is 5.32 Å². The number of benzene rings is 1. The van der Waals surface area contributed by atoms with Crippen molar-refractivity contribution in [1.29, 1.82) is 0 Å². The number of nitrogens with one attached hydrogen (secondary N) is 1. The maximum atomic E-state index is 12.7. The standard InChI is InChI=1S/C19H23N3O3/c1-3-5-17(23)22-10-4-6-16(22)18(24)21-15-8-7-14(12-13(15)2)19-20-9-11-25-19/h7-9,11-12,16H,3-6,10H2,1-2H3,(H,21,24). The number of anilines is 1. The molecule has 0 saturated carbocycles. The second kappa shape index (κ2) is 7.51. The summed E-state index contributed by atoms with van der Waals surface area (Å²) in [5, 5.41) is 2.97. The Morgan fingerprint density at radius 3 is 2.92 bits per heavy atom. The van der Waals surface area contributed by atoms with Gasteiger partial charge in [-0.2, -0.15) is 0 Å². The van der Waals surface area contributed by atoms with Gasteiger partial charge in [0.25, 0.3) is 0 Å². The number of nitrogens with zero attached hydrogens (tertiary/aromatic N) is 2. The predicted molar refractivity (Wildman–Crippen MR) is 94.9 cm³/mol. The van der Waals surface area contributed by atoms with Crippen LogP contribution in [-0.2, 0) is 9.59 Å². The molecule has 6 nitrogen and oxygen atoms in total. The highest BCUT2D eigenvalue weighted by atomic mass is 16.3. The first-order valence-corrected chi connectivity index (χ1v) is 8.71. The topological polar surface area (TPSA) is 75.4 Å². The van der Waals surface area contributed by atoms with Crippen molar-refractivity contribution in [1.82, 2.24) is 9.88 Å². The van der Waals surface area contributed by atoms with Gasteiger partial charge in [0, 0.05) is 24.2 Å². The van der Waals surface area contributed by atoms with Crippen LogP contribution in [0.3, 0.4) is 0 Å². The van der Waals surface area contributed by atoms with Gasteiger partial charge in [0.1, 0.15) is 12.3 Å². The zero-order valence-electron chi connectivity index (χ0n) is 14.6. The van der Waals surface area contributed by atoms with E-state index in [0.717, 1.165) is 29.7 Å². The first kappa shape index (κ1) is 17.2. The minimum atomic E-state index is -0.370. The van der Waals surface area contributed by atoms with Crippen LogP contribution in [0.2, 0.25) is 0 Å². The first-order chi connectivity index (χ1) is 12.1. The Morgan fingerprint density at radius 1 is 1.40 bits per heavy atom. The van der Waals surface area contributed by atoms with Crippen molar-refractivity contribution in [2.24, 2.45) is 0 Å². The molecule has 2 aromatic rings. The molecule has 1 saturated heterocycles. The van der Waals surface area contributed by atoms with Crippen LogP contribution in [0.5, 0.6) is 0 Å². The number of rotatable bonds is 5. The molecular weight excluding hydrogens is 318 g/mol. The zero-order valence-corrected chi connectivity index (χ0v) is 14.6. The summed E-state index contributed by atoms with van der Waals surface area (Å²) in [5.74, 6) is 0.498. The Balaban J connectivity index is 1.71. The van der Waals surface area contributed by atoms with E-state index in [-0.39, 0.29) is 17.9 Å². The lowest BCUT2D eigenvalue weighted by molar-refractivity contribution is -0.136. The lowest BCUT2D eigenvalue weighted by Gasteiger charge is -2.24. The second-order valence-electron chi connectivity index (χ2n) is 6.35. The van der Waals surface area contributed by atoms with Crippen molar-refractivity contribution < 1.29 is 14.0 Å². The Kier molecular flexibility index (Phi) is 5.16. The second-order valence-corrected chi connectivity index (χ2v) is 6.35. The molecule has 132 valence electrons. The van der Waals surface area contributed by atoms with Crippen molar-refractivity contribution in [2.75, 3.05) is 11.9 Å². The number of carbonyl (C=O) groups excluding carboxylic acids is 2. The molecule has 1 fully saturated rings. The van der Waals surface area contributed by atoms with Crippen LogP contribution in [0.25, 0.3) is 11.5 Å². The monoisotopic (exact) mass is 341 g/mol. The minimum absolute atomic E-state index is 0.0658. The van der Waals surface area contributed by atoms with Crippen LogP contribution >= 0.6 is 0 Å². The third-order valence-electron chi connectivity index (χ3n) is 4.50. The first-order valence-electron chi connectivity index (χ1n) is 8.71. The van der Waals surface area contributed by atoms with Gasteiger partial charge in [-0.15, -0.1) is 0 Å². The SMILES string of the molecule is CCCC(=O)N1CCCC1C(=O)Nc1ccc(-c2ncco2)cc1C. The summed E-state index contributed by atoms with van der Waals surface area (Å²) >= 11 is 0. The number of aromatic nitrogens is 1. The molecule has 1 aliphatic rings. The lowest BCUT2D eigenvalue weighted by atomic mass is 10.1. The predicted octanol–water partition coefficient (Wildman–Crippen LogP) is 3.38. The highest BCUT2D eigenvalue weighted by Crippen LogP contribution is 2.25. The highest BCUT2D eigenvalue weighted by molar-refractivity contribution is 5.98. The van der Waals surface area contributed by atoms with Gasteiger partial charge in [-0.05, 0) is 49.9 Å². The molecule has 1 aliphatic heterocycles. The molecule has 2 heterocycles. The summed E-state index contributed by atoms with van der Waals surface area (Å²) in [6.07, 6.45) is 6.01. The van der Waals surface area contributed by atoms with Crippen molar-refractivity contribution in [2.45, 2.75) is 45.6 Å². The van der Waals surface area contributed by atoms with Gasteiger partial charge >= 0.3 is 0 Å². The number of amides is 2. The highest BCUT2D eigenvalue weighted by Gasteiger charge is 2.33. The maximum Gasteiger partial charge on any atom is 0.247 e. The van der Waals surface area contributed by atoms with Crippen LogP contribution in [0.1, 0.15) is 38.2 Å². The normalized spacial score (nSPS) is 16.9. The van der Waals surface area contributed by atoms with Crippen molar-refractivity contribution >= 4 is 17.5 Å². The summed E-state index contributed by atoms with van der Waals surface area (Å²) in [4.78, 5) is 30.7. The Hall–Kier alpha value is -2.63.